The van der Waals surface area contributed by atoms with Gasteiger partial charge in [0.25, 0.3) is 0 Å². The molecule has 8 heteroatoms. The second-order valence-electron chi connectivity index (χ2n) is 5.63. The van der Waals surface area contributed by atoms with Crippen LogP contribution < -0.4 is 4.74 Å². The van der Waals surface area contributed by atoms with E-state index in [4.69, 9.17) is 9.47 Å². The summed E-state index contributed by atoms with van der Waals surface area (Å²) in [6, 6.07) is 2.81. The molecule has 0 aliphatic rings. The molecule has 1 aromatic carbocycles. The smallest absolute Gasteiger partial charge is 0.419 e. The normalized spacial score (nSPS) is 11.5. The van der Waals surface area contributed by atoms with E-state index in [0.29, 0.717) is 15.4 Å². The van der Waals surface area contributed by atoms with Crippen molar-refractivity contribution < 1.29 is 19.2 Å². The highest BCUT2D eigenvalue weighted by atomic mass is 79.9. The second-order valence-corrected chi connectivity index (χ2v) is 6.48. The molecule has 2 aromatic rings. The molecule has 0 saturated heterocycles. The molecule has 7 nitrogen and oxygen atoms in total. The number of rotatable bonds is 2. The van der Waals surface area contributed by atoms with Gasteiger partial charge >= 0.3 is 11.8 Å². The van der Waals surface area contributed by atoms with Crippen LogP contribution in [0.1, 0.15) is 20.8 Å². The highest BCUT2D eigenvalue weighted by Gasteiger charge is 2.24. The predicted molar refractivity (Wildman–Crippen MR) is 84.5 cm³/mol. The standard InChI is InChI=1S/C14H15BrN2O5/c1-14(2,3)22-13(18)16-7-9(15)8-5-12(21-4)11(17(19)20)6-10(8)16/h5-7H,1-4H3. The van der Waals surface area contributed by atoms with Gasteiger partial charge in [-0.05, 0) is 42.8 Å². The summed E-state index contributed by atoms with van der Waals surface area (Å²) in [5.74, 6) is 0.125. The van der Waals surface area contributed by atoms with Gasteiger partial charge < -0.3 is 9.47 Å². The quantitative estimate of drug-likeness (QED) is 0.586. The van der Waals surface area contributed by atoms with Gasteiger partial charge in [0.2, 0.25) is 0 Å². The van der Waals surface area contributed by atoms with Crippen molar-refractivity contribution in [1.29, 1.82) is 0 Å². The lowest BCUT2D eigenvalue weighted by molar-refractivity contribution is -0.385. The van der Waals surface area contributed by atoms with Gasteiger partial charge in [0, 0.05) is 22.1 Å². The minimum atomic E-state index is -0.668. The van der Waals surface area contributed by atoms with E-state index in [1.807, 2.05) is 0 Å². The number of halogens is 1. The van der Waals surface area contributed by atoms with Crippen molar-refractivity contribution in [3.8, 4) is 5.75 Å². The molecule has 0 unspecified atom stereocenters. The minimum Gasteiger partial charge on any atom is -0.490 e. The van der Waals surface area contributed by atoms with Crippen molar-refractivity contribution in [3.63, 3.8) is 0 Å². The lowest BCUT2D eigenvalue weighted by atomic mass is 10.2. The largest absolute Gasteiger partial charge is 0.490 e. The van der Waals surface area contributed by atoms with Crippen LogP contribution in [0, 0.1) is 10.1 Å². The second kappa shape index (κ2) is 5.60. The number of nitro groups is 1. The highest BCUT2D eigenvalue weighted by Crippen LogP contribution is 2.36. The highest BCUT2D eigenvalue weighted by molar-refractivity contribution is 9.10. The van der Waals surface area contributed by atoms with E-state index in [1.165, 1.54) is 30.0 Å². The molecule has 22 heavy (non-hydrogen) atoms. The van der Waals surface area contributed by atoms with E-state index in [2.05, 4.69) is 15.9 Å². The molecule has 2 rings (SSSR count). The molecule has 0 aliphatic heterocycles. The summed E-state index contributed by atoms with van der Waals surface area (Å²) in [4.78, 5) is 22.8. The molecular weight excluding hydrogens is 356 g/mol. The number of nitro benzene ring substituents is 1. The molecular formula is C14H15BrN2O5. The van der Waals surface area contributed by atoms with Crippen LogP contribution in [0.3, 0.4) is 0 Å². The number of aromatic nitrogens is 1. The predicted octanol–water partition coefficient (Wildman–Crippen LogP) is 4.10. The van der Waals surface area contributed by atoms with Crippen molar-refractivity contribution >= 4 is 38.6 Å². The van der Waals surface area contributed by atoms with E-state index in [1.54, 1.807) is 20.8 Å². The number of ether oxygens (including phenoxy) is 2. The molecule has 0 saturated carbocycles. The lowest BCUT2D eigenvalue weighted by Gasteiger charge is -2.19. The fourth-order valence-electron chi connectivity index (χ4n) is 1.97. The van der Waals surface area contributed by atoms with Crippen LogP contribution in [0.2, 0.25) is 0 Å². The number of methoxy groups -OCH3 is 1. The Morgan fingerprint density at radius 3 is 2.50 bits per heavy atom. The van der Waals surface area contributed by atoms with Gasteiger partial charge in [0.15, 0.2) is 5.75 Å². The summed E-state index contributed by atoms with van der Waals surface area (Å²) in [6.45, 7) is 5.24. The van der Waals surface area contributed by atoms with Gasteiger partial charge in [0.05, 0.1) is 17.5 Å². The van der Waals surface area contributed by atoms with Gasteiger partial charge in [-0.15, -0.1) is 0 Å². The van der Waals surface area contributed by atoms with Gasteiger partial charge in [-0.1, -0.05) is 0 Å². The van der Waals surface area contributed by atoms with E-state index in [-0.39, 0.29) is 11.4 Å². The third-order valence-corrected chi connectivity index (χ3v) is 3.48. The molecule has 0 amide bonds. The summed E-state index contributed by atoms with van der Waals surface area (Å²) in [7, 11) is 1.35. The number of hydrogen-bond acceptors (Lipinski definition) is 5. The topological polar surface area (TPSA) is 83.6 Å². The van der Waals surface area contributed by atoms with Crippen LogP contribution >= 0.6 is 15.9 Å². The first kappa shape index (κ1) is 16.3. The zero-order chi connectivity index (χ0) is 16.7. The van der Waals surface area contributed by atoms with Crippen LogP contribution in [0.25, 0.3) is 10.9 Å². The molecule has 0 N–H and O–H groups in total. The van der Waals surface area contributed by atoms with Gasteiger partial charge in [-0.3, -0.25) is 14.7 Å². The zero-order valence-corrected chi connectivity index (χ0v) is 14.1. The SMILES string of the molecule is COc1cc2c(Br)cn(C(=O)OC(C)(C)C)c2cc1[N+](=O)[O-]. The molecule has 1 heterocycles. The van der Waals surface area contributed by atoms with E-state index in [0.717, 1.165) is 0 Å². The molecule has 0 fully saturated rings. The van der Waals surface area contributed by atoms with Gasteiger partial charge in [-0.2, -0.15) is 0 Å². The molecule has 0 bridgehead atoms. The third-order valence-electron chi connectivity index (χ3n) is 2.84. The Bertz CT molecular complexity index is 761. The van der Waals surface area contributed by atoms with Crippen molar-refractivity contribution in [2.24, 2.45) is 0 Å². The van der Waals surface area contributed by atoms with Crippen LogP contribution in [0.5, 0.6) is 5.75 Å². The molecule has 1 aromatic heterocycles. The van der Waals surface area contributed by atoms with Gasteiger partial charge in [0.1, 0.15) is 5.60 Å². The summed E-state index contributed by atoms with van der Waals surface area (Å²) in [5.41, 5.74) is -0.516. The summed E-state index contributed by atoms with van der Waals surface area (Å²) >= 11 is 3.34. The third kappa shape index (κ3) is 3.06. The van der Waals surface area contributed by atoms with Gasteiger partial charge in [-0.25, -0.2) is 4.79 Å². The number of carbonyl (C=O) groups excluding carboxylic acids is 1. The molecule has 0 aliphatic carbocycles. The van der Waals surface area contributed by atoms with Crippen molar-refractivity contribution in [2.75, 3.05) is 7.11 Å². The Morgan fingerprint density at radius 1 is 1.36 bits per heavy atom. The maximum absolute atomic E-state index is 12.2. The average molecular weight is 371 g/mol. The Balaban J connectivity index is 2.65. The number of nitrogens with zero attached hydrogens (tertiary/aromatic N) is 2. The van der Waals surface area contributed by atoms with Crippen molar-refractivity contribution in [1.82, 2.24) is 4.57 Å². The number of benzene rings is 1. The average Bonchev–Trinajstić information content (AvgIpc) is 2.72. The van der Waals surface area contributed by atoms with Crippen LogP contribution in [0.15, 0.2) is 22.8 Å². The monoisotopic (exact) mass is 370 g/mol. The molecule has 118 valence electrons. The fraction of sp³-hybridized carbons (Fsp3) is 0.357. The number of carbonyl (C=O) groups is 1. The maximum Gasteiger partial charge on any atom is 0.419 e. The zero-order valence-electron chi connectivity index (χ0n) is 12.5. The van der Waals surface area contributed by atoms with Crippen molar-refractivity contribution in [3.05, 3.63) is 32.9 Å². The maximum atomic E-state index is 12.2. The summed E-state index contributed by atoms with van der Waals surface area (Å²) < 4.78 is 12.2. The Hall–Kier alpha value is -2.09. The summed E-state index contributed by atoms with van der Waals surface area (Å²) in [5, 5.41) is 11.7. The molecule has 0 radical (unpaired) electrons. The first-order valence-electron chi connectivity index (χ1n) is 6.40. The first-order valence-corrected chi connectivity index (χ1v) is 7.19. The van der Waals surface area contributed by atoms with E-state index in [9.17, 15) is 14.9 Å². The van der Waals surface area contributed by atoms with Crippen LogP contribution in [-0.2, 0) is 4.74 Å². The fourth-order valence-corrected chi connectivity index (χ4v) is 2.49. The Kier molecular flexibility index (Phi) is 4.15. The Morgan fingerprint density at radius 2 is 2.00 bits per heavy atom. The van der Waals surface area contributed by atoms with E-state index < -0.39 is 16.6 Å². The van der Waals surface area contributed by atoms with E-state index >= 15 is 0 Å². The number of fused-ring (bicyclic) bond motifs is 1. The van der Waals surface area contributed by atoms with Crippen molar-refractivity contribution in [2.45, 2.75) is 26.4 Å². The number of hydrogen-bond donors (Lipinski definition) is 0. The Labute approximate surface area is 135 Å². The van der Waals surface area contributed by atoms with Crippen LogP contribution in [0.4, 0.5) is 10.5 Å². The summed E-state index contributed by atoms with van der Waals surface area (Å²) in [6.07, 6.45) is 0.907. The van der Waals surface area contributed by atoms with Crippen LogP contribution in [-0.4, -0.2) is 28.3 Å². The molecule has 0 spiro atoms. The first-order chi connectivity index (χ1) is 10.1. The molecule has 0 atom stereocenters. The minimum absolute atomic E-state index is 0.125. The lowest BCUT2D eigenvalue weighted by Crippen LogP contribution is -2.26.